The molecule has 0 amide bonds. The molecule has 0 saturated heterocycles. The maximum Gasteiger partial charge on any atom is 0.269 e. The van der Waals surface area contributed by atoms with Crippen LogP contribution in [0.1, 0.15) is 0 Å². The van der Waals surface area contributed by atoms with Crippen molar-refractivity contribution in [2.45, 2.75) is 6.54 Å². The zero-order valence-electron chi connectivity index (χ0n) is 10.3. The summed E-state index contributed by atoms with van der Waals surface area (Å²) in [5, 5.41) is 0. The zero-order valence-corrected chi connectivity index (χ0v) is 11.9. The van der Waals surface area contributed by atoms with Gasteiger partial charge in [0, 0.05) is 4.47 Å². The fourth-order valence-corrected chi connectivity index (χ4v) is 2.17. The van der Waals surface area contributed by atoms with Gasteiger partial charge >= 0.3 is 0 Å². The highest BCUT2D eigenvalue weighted by molar-refractivity contribution is 9.10. The van der Waals surface area contributed by atoms with Crippen molar-refractivity contribution in [1.29, 1.82) is 0 Å². The van der Waals surface area contributed by atoms with Crippen molar-refractivity contribution in [2.75, 3.05) is 0 Å². The minimum absolute atomic E-state index is 0.133. The number of halogens is 1. The van der Waals surface area contributed by atoms with Crippen LogP contribution in [0, 0.1) is 0 Å². The third-order valence-electron chi connectivity index (χ3n) is 2.74. The lowest BCUT2D eigenvalue weighted by atomic mass is 10.2. The van der Waals surface area contributed by atoms with E-state index in [-0.39, 0.29) is 5.56 Å². The van der Waals surface area contributed by atoms with Gasteiger partial charge in [-0.15, -0.1) is 0 Å². The standard InChI is InChI=1S/C15H13BrN2O/c1-3-5-11(4-2)10-18-14-7-6-12(16)8-13(14)17-9-15(18)19/h3-9H,1-2,10H2/b11-5+. The fraction of sp³-hybridized carbons (Fsp3) is 0.0667. The lowest BCUT2D eigenvalue weighted by Crippen LogP contribution is -2.21. The van der Waals surface area contributed by atoms with Gasteiger partial charge in [0.05, 0.1) is 23.8 Å². The van der Waals surface area contributed by atoms with Gasteiger partial charge < -0.3 is 4.57 Å². The van der Waals surface area contributed by atoms with Crippen LogP contribution in [0.3, 0.4) is 0 Å². The molecule has 0 spiro atoms. The van der Waals surface area contributed by atoms with E-state index in [1.54, 1.807) is 16.7 Å². The van der Waals surface area contributed by atoms with Crippen molar-refractivity contribution in [3.8, 4) is 0 Å². The van der Waals surface area contributed by atoms with Crippen LogP contribution in [-0.4, -0.2) is 9.55 Å². The Balaban J connectivity index is 2.61. The van der Waals surface area contributed by atoms with Gasteiger partial charge in [0.2, 0.25) is 0 Å². The average molecular weight is 317 g/mol. The second kappa shape index (κ2) is 5.80. The van der Waals surface area contributed by atoms with Crippen molar-refractivity contribution >= 4 is 27.0 Å². The van der Waals surface area contributed by atoms with E-state index in [4.69, 9.17) is 0 Å². The summed E-state index contributed by atoms with van der Waals surface area (Å²) in [5.74, 6) is 0. The molecule has 0 radical (unpaired) electrons. The molecule has 96 valence electrons. The summed E-state index contributed by atoms with van der Waals surface area (Å²) in [6.07, 6.45) is 6.58. The maximum absolute atomic E-state index is 12.0. The van der Waals surface area contributed by atoms with E-state index >= 15 is 0 Å². The molecule has 0 fully saturated rings. The molecular weight excluding hydrogens is 304 g/mol. The van der Waals surface area contributed by atoms with Crippen LogP contribution >= 0.6 is 15.9 Å². The van der Waals surface area contributed by atoms with Crippen molar-refractivity contribution in [2.24, 2.45) is 0 Å². The Hall–Kier alpha value is -1.94. The maximum atomic E-state index is 12.0. The highest BCUT2D eigenvalue weighted by Crippen LogP contribution is 2.17. The molecular formula is C15H13BrN2O. The second-order valence-corrected chi connectivity index (χ2v) is 4.91. The summed E-state index contributed by atoms with van der Waals surface area (Å²) in [6, 6.07) is 5.66. The first-order chi connectivity index (χ1) is 9.15. The minimum atomic E-state index is -0.133. The molecule has 3 nitrogen and oxygen atoms in total. The molecule has 0 atom stereocenters. The number of hydrogen-bond acceptors (Lipinski definition) is 2. The van der Waals surface area contributed by atoms with E-state index in [1.165, 1.54) is 6.20 Å². The molecule has 0 N–H and O–H groups in total. The van der Waals surface area contributed by atoms with Gasteiger partial charge in [-0.2, -0.15) is 0 Å². The van der Waals surface area contributed by atoms with Crippen LogP contribution < -0.4 is 5.56 Å². The van der Waals surface area contributed by atoms with Gasteiger partial charge in [-0.1, -0.05) is 47.3 Å². The highest BCUT2D eigenvalue weighted by atomic mass is 79.9. The number of nitrogens with zero attached hydrogens (tertiary/aromatic N) is 2. The fourth-order valence-electron chi connectivity index (χ4n) is 1.82. The lowest BCUT2D eigenvalue weighted by Gasteiger charge is -2.10. The molecule has 0 bridgehead atoms. The molecule has 0 aliphatic heterocycles. The Kier molecular flexibility index (Phi) is 4.12. The Bertz CT molecular complexity index is 728. The number of allylic oxidation sites excluding steroid dienone is 4. The van der Waals surface area contributed by atoms with Gasteiger partial charge in [0.1, 0.15) is 0 Å². The van der Waals surface area contributed by atoms with E-state index in [2.05, 4.69) is 34.1 Å². The third-order valence-corrected chi connectivity index (χ3v) is 3.24. The molecule has 0 saturated carbocycles. The van der Waals surface area contributed by atoms with Gasteiger partial charge in [0.15, 0.2) is 0 Å². The number of benzene rings is 1. The molecule has 2 rings (SSSR count). The van der Waals surface area contributed by atoms with Crippen molar-refractivity contribution in [3.05, 3.63) is 76.2 Å². The molecule has 2 aromatic rings. The van der Waals surface area contributed by atoms with Crippen LogP contribution in [-0.2, 0) is 6.54 Å². The Labute approximate surface area is 119 Å². The van der Waals surface area contributed by atoms with E-state index < -0.39 is 0 Å². The Morgan fingerprint density at radius 1 is 1.42 bits per heavy atom. The quantitative estimate of drug-likeness (QED) is 0.810. The van der Waals surface area contributed by atoms with Crippen molar-refractivity contribution in [3.63, 3.8) is 0 Å². The summed E-state index contributed by atoms with van der Waals surface area (Å²) >= 11 is 3.40. The number of rotatable bonds is 4. The SMILES string of the molecule is C=C/C=C(\C=C)Cn1c(=O)cnc2cc(Br)ccc21. The number of fused-ring (bicyclic) bond motifs is 1. The van der Waals surface area contributed by atoms with Crippen LogP contribution in [0.15, 0.2) is 70.6 Å². The minimum Gasteiger partial charge on any atom is -0.301 e. The molecule has 1 heterocycles. The van der Waals surface area contributed by atoms with E-state index in [0.717, 1.165) is 21.1 Å². The van der Waals surface area contributed by atoms with Gasteiger partial charge in [0.25, 0.3) is 5.56 Å². The van der Waals surface area contributed by atoms with Crippen LogP contribution in [0.2, 0.25) is 0 Å². The smallest absolute Gasteiger partial charge is 0.269 e. The predicted molar refractivity (Wildman–Crippen MR) is 82.2 cm³/mol. The second-order valence-electron chi connectivity index (χ2n) is 4.00. The van der Waals surface area contributed by atoms with E-state index in [1.807, 2.05) is 24.3 Å². The monoisotopic (exact) mass is 316 g/mol. The number of hydrogen-bond donors (Lipinski definition) is 0. The predicted octanol–water partition coefficient (Wildman–Crippen LogP) is 3.46. The topological polar surface area (TPSA) is 34.9 Å². The van der Waals surface area contributed by atoms with Crippen molar-refractivity contribution < 1.29 is 0 Å². The van der Waals surface area contributed by atoms with Crippen LogP contribution in [0.4, 0.5) is 0 Å². The van der Waals surface area contributed by atoms with E-state index in [9.17, 15) is 4.79 Å². The molecule has 1 aromatic carbocycles. The molecule has 0 unspecified atom stereocenters. The zero-order chi connectivity index (χ0) is 13.8. The van der Waals surface area contributed by atoms with Gasteiger partial charge in [-0.05, 0) is 23.8 Å². The summed E-state index contributed by atoms with van der Waals surface area (Å²) in [6.45, 7) is 7.85. The summed E-state index contributed by atoms with van der Waals surface area (Å²) < 4.78 is 2.61. The molecule has 0 aliphatic rings. The largest absolute Gasteiger partial charge is 0.301 e. The Morgan fingerprint density at radius 2 is 2.21 bits per heavy atom. The van der Waals surface area contributed by atoms with Crippen LogP contribution in [0.25, 0.3) is 11.0 Å². The van der Waals surface area contributed by atoms with Gasteiger partial charge in [-0.25, -0.2) is 4.98 Å². The molecule has 1 aromatic heterocycles. The van der Waals surface area contributed by atoms with Gasteiger partial charge in [-0.3, -0.25) is 4.79 Å². The third kappa shape index (κ3) is 2.90. The number of aromatic nitrogens is 2. The average Bonchev–Trinajstić information content (AvgIpc) is 2.41. The molecule has 0 aliphatic carbocycles. The summed E-state index contributed by atoms with van der Waals surface area (Å²) in [5.41, 5.74) is 2.36. The van der Waals surface area contributed by atoms with Crippen LogP contribution in [0.5, 0.6) is 0 Å². The summed E-state index contributed by atoms with van der Waals surface area (Å²) in [4.78, 5) is 16.1. The summed E-state index contributed by atoms with van der Waals surface area (Å²) in [7, 11) is 0. The van der Waals surface area contributed by atoms with Crippen molar-refractivity contribution in [1.82, 2.24) is 9.55 Å². The Morgan fingerprint density at radius 3 is 2.89 bits per heavy atom. The first-order valence-electron chi connectivity index (χ1n) is 5.75. The first-order valence-corrected chi connectivity index (χ1v) is 6.54. The lowest BCUT2D eigenvalue weighted by molar-refractivity contribution is 0.786. The first kappa shape index (κ1) is 13.5. The highest BCUT2D eigenvalue weighted by Gasteiger charge is 2.05. The normalized spacial score (nSPS) is 11.5. The molecule has 4 heteroatoms. The molecule has 19 heavy (non-hydrogen) atoms. The van der Waals surface area contributed by atoms with E-state index in [0.29, 0.717) is 6.54 Å².